The molecule has 1 aromatic carbocycles. The topological polar surface area (TPSA) is 44.8 Å². The van der Waals surface area contributed by atoms with Gasteiger partial charge in [-0.2, -0.15) is 0 Å². The van der Waals surface area contributed by atoms with Crippen molar-refractivity contribution in [2.45, 2.75) is 19.3 Å². The second kappa shape index (κ2) is 8.93. The van der Waals surface area contributed by atoms with E-state index in [-0.39, 0.29) is 11.7 Å². The van der Waals surface area contributed by atoms with Crippen LogP contribution in [0.3, 0.4) is 0 Å². The Bertz CT molecular complexity index is 444. The maximum Gasteiger partial charge on any atom is 0.166 e. The van der Waals surface area contributed by atoms with E-state index < -0.39 is 0 Å². The SMILES string of the molecule is COCCOCCOCCC1CCc2ccccc2C1=O. The molecule has 0 heterocycles. The van der Waals surface area contributed by atoms with Crippen LogP contribution in [0.4, 0.5) is 0 Å². The first kappa shape index (κ1) is 16.1. The summed E-state index contributed by atoms with van der Waals surface area (Å²) in [5, 5.41) is 0. The van der Waals surface area contributed by atoms with Crippen LogP contribution in [0.15, 0.2) is 24.3 Å². The summed E-state index contributed by atoms with van der Waals surface area (Å²) in [5.41, 5.74) is 2.09. The summed E-state index contributed by atoms with van der Waals surface area (Å²) in [6.07, 6.45) is 2.72. The molecule has 0 aromatic heterocycles. The first-order valence-electron chi connectivity index (χ1n) is 7.59. The highest BCUT2D eigenvalue weighted by atomic mass is 16.5. The minimum atomic E-state index is 0.106. The molecule has 0 N–H and O–H groups in total. The number of ketones is 1. The number of ether oxygens (including phenoxy) is 3. The van der Waals surface area contributed by atoms with E-state index in [1.807, 2.05) is 18.2 Å². The molecule has 0 bridgehead atoms. The van der Waals surface area contributed by atoms with Gasteiger partial charge < -0.3 is 14.2 Å². The summed E-state index contributed by atoms with van der Waals surface area (Å²) in [7, 11) is 1.65. The summed E-state index contributed by atoms with van der Waals surface area (Å²) in [5.74, 6) is 0.381. The van der Waals surface area contributed by atoms with E-state index in [1.165, 1.54) is 5.56 Å². The molecule has 0 saturated carbocycles. The quantitative estimate of drug-likeness (QED) is 0.656. The molecule has 1 aliphatic rings. The lowest BCUT2D eigenvalue weighted by Gasteiger charge is -2.23. The number of rotatable bonds is 9. The number of carbonyl (C=O) groups is 1. The van der Waals surface area contributed by atoms with Crippen LogP contribution in [0, 0.1) is 5.92 Å². The molecule has 21 heavy (non-hydrogen) atoms. The Morgan fingerprint density at radius 2 is 1.76 bits per heavy atom. The van der Waals surface area contributed by atoms with E-state index in [9.17, 15) is 4.79 Å². The van der Waals surface area contributed by atoms with Gasteiger partial charge in [0, 0.05) is 25.2 Å². The molecular weight excluding hydrogens is 268 g/mol. The zero-order valence-corrected chi connectivity index (χ0v) is 12.7. The first-order chi connectivity index (χ1) is 10.3. The second-order valence-electron chi connectivity index (χ2n) is 5.26. The summed E-state index contributed by atoms with van der Waals surface area (Å²) in [6.45, 7) is 2.96. The molecule has 0 radical (unpaired) electrons. The number of hydrogen-bond donors (Lipinski definition) is 0. The van der Waals surface area contributed by atoms with Crippen molar-refractivity contribution < 1.29 is 19.0 Å². The molecule has 4 heteroatoms. The molecule has 0 fully saturated rings. The van der Waals surface area contributed by atoms with Crippen molar-refractivity contribution in [3.8, 4) is 0 Å². The molecule has 4 nitrogen and oxygen atoms in total. The van der Waals surface area contributed by atoms with Crippen molar-refractivity contribution in [3.05, 3.63) is 35.4 Å². The average Bonchev–Trinajstić information content (AvgIpc) is 2.52. The molecule has 1 atom stereocenters. The maximum atomic E-state index is 12.4. The van der Waals surface area contributed by atoms with Gasteiger partial charge in [-0.25, -0.2) is 0 Å². The summed E-state index contributed by atoms with van der Waals surface area (Å²) < 4.78 is 15.7. The van der Waals surface area contributed by atoms with Crippen LogP contribution in [-0.4, -0.2) is 45.9 Å². The lowest BCUT2D eigenvalue weighted by Crippen LogP contribution is -2.24. The van der Waals surface area contributed by atoms with E-state index in [1.54, 1.807) is 7.11 Å². The van der Waals surface area contributed by atoms with Crippen molar-refractivity contribution in [1.29, 1.82) is 0 Å². The first-order valence-corrected chi connectivity index (χ1v) is 7.59. The van der Waals surface area contributed by atoms with Gasteiger partial charge in [0.05, 0.1) is 26.4 Å². The normalized spacial score (nSPS) is 17.8. The smallest absolute Gasteiger partial charge is 0.166 e. The zero-order valence-electron chi connectivity index (χ0n) is 12.7. The molecular formula is C17H24O4. The molecule has 1 aliphatic carbocycles. The van der Waals surface area contributed by atoms with Crippen molar-refractivity contribution >= 4 is 5.78 Å². The van der Waals surface area contributed by atoms with Crippen molar-refractivity contribution in [1.82, 2.24) is 0 Å². The minimum absolute atomic E-state index is 0.106. The highest BCUT2D eigenvalue weighted by Crippen LogP contribution is 2.27. The molecule has 1 unspecified atom stereocenters. The van der Waals surface area contributed by atoms with Gasteiger partial charge in [0.25, 0.3) is 0 Å². The highest BCUT2D eigenvalue weighted by molar-refractivity contribution is 6.00. The van der Waals surface area contributed by atoms with E-state index >= 15 is 0 Å². The van der Waals surface area contributed by atoms with Crippen LogP contribution in [0.2, 0.25) is 0 Å². The largest absolute Gasteiger partial charge is 0.382 e. The van der Waals surface area contributed by atoms with Gasteiger partial charge in [-0.05, 0) is 24.8 Å². The van der Waals surface area contributed by atoms with Crippen molar-refractivity contribution in [3.63, 3.8) is 0 Å². The van der Waals surface area contributed by atoms with Gasteiger partial charge >= 0.3 is 0 Å². The predicted octanol–water partition coefficient (Wildman–Crippen LogP) is 2.50. The zero-order chi connectivity index (χ0) is 14.9. The minimum Gasteiger partial charge on any atom is -0.382 e. The monoisotopic (exact) mass is 292 g/mol. The number of Topliss-reactive ketones (excluding diaryl/α,β-unsaturated/α-hetero) is 1. The van der Waals surface area contributed by atoms with Gasteiger partial charge in [0.15, 0.2) is 5.78 Å². The third-order valence-corrected chi connectivity index (χ3v) is 3.83. The molecule has 1 aromatic rings. The van der Waals surface area contributed by atoms with Gasteiger partial charge in [0.2, 0.25) is 0 Å². The lowest BCUT2D eigenvalue weighted by molar-refractivity contribution is 0.0215. The van der Waals surface area contributed by atoms with E-state index in [0.717, 1.165) is 24.8 Å². The fourth-order valence-corrected chi connectivity index (χ4v) is 2.62. The fourth-order valence-electron chi connectivity index (χ4n) is 2.62. The molecule has 116 valence electrons. The average molecular weight is 292 g/mol. The standard InChI is InChI=1S/C17H24O4/c1-19-10-11-21-13-12-20-9-8-15-7-6-14-4-2-3-5-16(14)17(15)18/h2-5,15H,6-13H2,1H3. The Kier molecular flexibility index (Phi) is 6.86. The number of aryl methyl sites for hydroxylation is 1. The number of methoxy groups -OCH3 is 1. The Morgan fingerprint density at radius 3 is 2.57 bits per heavy atom. The Hall–Kier alpha value is -1.23. The van der Waals surface area contributed by atoms with Gasteiger partial charge in [0.1, 0.15) is 0 Å². The molecule has 0 amide bonds. The van der Waals surface area contributed by atoms with E-state index in [2.05, 4.69) is 6.07 Å². The number of hydrogen-bond acceptors (Lipinski definition) is 4. The number of benzene rings is 1. The van der Waals surface area contributed by atoms with Crippen LogP contribution >= 0.6 is 0 Å². The fraction of sp³-hybridized carbons (Fsp3) is 0.588. The molecule has 0 saturated heterocycles. The molecule has 2 rings (SSSR count). The van der Waals surface area contributed by atoms with Gasteiger partial charge in [-0.1, -0.05) is 24.3 Å². The number of carbonyl (C=O) groups excluding carboxylic acids is 1. The summed E-state index contributed by atoms with van der Waals surface area (Å²) >= 11 is 0. The third kappa shape index (κ3) is 4.92. The van der Waals surface area contributed by atoms with Crippen LogP contribution in [-0.2, 0) is 20.6 Å². The lowest BCUT2D eigenvalue weighted by atomic mass is 9.81. The van der Waals surface area contributed by atoms with Crippen molar-refractivity contribution in [2.24, 2.45) is 5.92 Å². The molecule has 0 aliphatic heterocycles. The Balaban J connectivity index is 1.63. The predicted molar refractivity (Wildman–Crippen MR) is 80.7 cm³/mol. The Labute approximate surface area is 126 Å². The third-order valence-electron chi connectivity index (χ3n) is 3.83. The van der Waals surface area contributed by atoms with E-state index in [0.29, 0.717) is 33.0 Å². The second-order valence-corrected chi connectivity index (χ2v) is 5.26. The van der Waals surface area contributed by atoms with Crippen LogP contribution in [0.25, 0.3) is 0 Å². The van der Waals surface area contributed by atoms with Crippen LogP contribution in [0.1, 0.15) is 28.8 Å². The summed E-state index contributed by atoms with van der Waals surface area (Å²) in [6, 6.07) is 7.93. The highest BCUT2D eigenvalue weighted by Gasteiger charge is 2.26. The van der Waals surface area contributed by atoms with Gasteiger partial charge in [-0.3, -0.25) is 4.79 Å². The maximum absolute atomic E-state index is 12.4. The summed E-state index contributed by atoms with van der Waals surface area (Å²) in [4.78, 5) is 12.4. The van der Waals surface area contributed by atoms with Crippen LogP contribution < -0.4 is 0 Å². The Morgan fingerprint density at radius 1 is 1.05 bits per heavy atom. The van der Waals surface area contributed by atoms with Gasteiger partial charge in [-0.15, -0.1) is 0 Å². The van der Waals surface area contributed by atoms with Crippen LogP contribution in [0.5, 0.6) is 0 Å². The molecule has 0 spiro atoms. The van der Waals surface area contributed by atoms with E-state index in [4.69, 9.17) is 14.2 Å². The number of fused-ring (bicyclic) bond motifs is 1. The van der Waals surface area contributed by atoms with Crippen molar-refractivity contribution in [2.75, 3.05) is 40.1 Å².